The van der Waals surface area contributed by atoms with Crippen molar-refractivity contribution in [1.29, 1.82) is 0 Å². The standard InChI is InChI=1S/C9H5FN4O/c10-9-8(6-15)4-7(5-12-9)2-1-3-13-14-11/h4-6H,3H2. The summed E-state index contributed by atoms with van der Waals surface area (Å²) in [6.07, 6.45) is 1.56. The fourth-order valence-electron chi connectivity index (χ4n) is 0.825. The van der Waals surface area contributed by atoms with E-state index in [1.807, 2.05) is 0 Å². The zero-order chi connectivity index (χ0) is 11.1. The van der Waals surface area contributed by atoms with E-state index in [1.165, 1.54) is 12.3 Å². The zero-order valence-corrected chi connectivity index (χ0v) is 7.51. The second-order valence-corrected chi connectivity index (χ2v) is 2.41. The minimum absolute atomic E-state index is 0.0182. The van der Waals surface area contributed by atoms with Crippen molar-refractivity contribution in [1.82, 2.24) is 4.98 Å². The van der Waals surface area contributed by atoms with Gasteiger partial charge in [0, 0.05) is 16.7 Å². The minimum atomic E-state index is -0.828. The molecule has 15 heavy (non-hydrogen) atoms. The first kappa shape index (κ1) is 10.7. The van der Waals surface area contributed by atoms with E-state index in [2.05, 4.69) is 26.9 Å². The smallest absolute Gasteiger partial charge is 0.223 e. The molecule has 0 bridgehead atoms. The van der Waals surface area contributed by atoms with Crippen LogP contribution < -0.4 is 0 Å². The number of pyridine rings is 1. The molecule has 0 aliphatic rings. The third kappa shape index (κ3) is 3.10. The Balaban J connectivity index is 2.90. The van der Waals surface area contributed by atoms with Gasteiger partial charge in [-0.15, -0.1) is 0 Å². The molecule has 1 aromatic rings. The number of aldehydes is 1. The van der Waals surface area contributed by atoms with Gasteiger partial charge in [-0.05, 0) is 11.6 Å². The maximum absolute atomic E-state index is 12.8. The first-order valence-electron chi connectivity index (χ1n) is 3.88. The Labute approximate surface area is 84.6 Å². The Morgan fingerprint density at radius 2 is 2.53 bits per heavy atom. The summed E-state index contributed by atoms with van der Waals surface area (Å²) < 4.78 is 12.8. The van der Waals surface area contributed by atoms with Gasteiger partial charge in [0.25, 0.3) is 0 Å². The van der Waals surface area contributed by atoms with Crippen molar-refractivity contribution in [3.05, 3.63) is 39.8 Å². The molecule has 0 atom stereocenters. The van der Waals surface area contributed by atoms with Crippen LogP contribution in [0.2, 0.25) is 0 Å². The molecule has 5 nitrogen and oxygen atoms in total. The van der Waals surface area contributed by atoms with E-state index in [0.29, 0.717) is 11.8 Å². The number of hydrogen-bond donors (Lipinski definition) is 0. The second kappa shape index (κ2) is 5.37. The Morgan fingerprint density at radius 1 is 1.73 bits per heavy atom. The molecule has 0 aromatic carbocycles. The van der Waals surface area contributed by atoms with Crippen LogP contribution in [0.15, 0.2) is 17.4 Å². The number of nitrogens with zero attached hydrogens (tertiary/aromatic N) is 4. The molecule has 0 radical (unpaired) electrons. The molecule has 74 valence electrons. The van der Waals surface area contributed by atoms with Gasteiger partial charge in [0.2, 0.25) is 5.95 Å². The first-order valence-corrected chi connectivity index (χ1v) is 3.88. The van der Waals surface area contributed by atoms with E-state index in [9.17, 15) is 9.18 Å². The lowest BCUT2D eigenvalue weighted by Crippen LogP contribution is -1.93. The van der Waals surface area contributed by atoms with E-state index in [0.717, 1.165) is 0 Å². The molecule has 0 saturated carbocycles. The summed E-state index contributed by atoms with van der Waals surface area (Å²) in [6, 6.07) is 1.28. The van der Waals surface area contributed by atoms with Gasteiger partial charge in [0.1, 0.15) is 0 Å². The van der Waals surface area contributed by atoms with Crippen molar-refractivity contribution in [3.63, 3.8) is 0 Å². The molecule has 0 saturated heterocycles. The fraction of sp³-hybridized carbons (Fsp3) is 0.111. The van der Waals surface area contributed by atoms with Crippen LogP contribution >= 0.6 is 0 Å². The average Bonchev–Trinajstić information content (AvgIpc) is 2.26. The van der Waals surface area contributed by atoms with Crippen molar-refractivity contribution < 1.29 is 9.18 Å². The van der Waals surface area contributed by atoms with Crippen molar-refractivity contribution in [2.75, 3.05) is 6.54 Å². The van der Waals surface area contributed by atoms with E-state index >= 15 is 0 Å². The Morgan fingerprint density at radius 3 is 3.20 bits per heavy atom. The fourth-order valence-corrected chi connectivity index (χ4v) is 0.825. The van der Waals surface area contributed by atoms with Crippen molar-refractivity contribution >= 4 is 6.29 Å². The third-order valence-corrected chi connectivity index (χ3v) is 1.44. The molecule has 0 aliphatic heterocycles. The van der Waals surface area contributed by atoms with Gasteiger partial charge >= 0.3 is 0 Å². The average molecular weight is 204 g/mol. The Kier molecular flexibility index (Phi) is 3.83. The maximum Gasteiger partial charge on any atom is 0.223 e. The number of carbonyl (C=O) groups excluding carboxylic acids is 1. The highest BCUT2D eigenvalue weighted by Gasteiger charge is 2.01. The van der Waals surface area contributed by atoms with Gasteiger partial charge in [0.15, 0.2) is 6.29 Å². The topological polar surface area (TPSA) is 78.7 Å². The van der Waals surface area contributed by atoms with Gasteiger partial charge in [-0.3, -0.25) is 4.79 Å². The summed E-state index contributed by atoms with van der Waals surface area (Å²) in [4.78, 5) is 16.2. The zero-order valence-electron chi connectivity index (χ0n) is 7.51. The molecule has 0 amide bonds. The highest BCUT2D eigenvalue weighted by molar-refractivity contribution is 5.75. The highest BCUT2D eigenvalue weighted by Crippen LogP contribution is 2.03. The molecule has 1 aromatic heterocycles. The minimum Gasteiger partial charge on any atom is -0.298 e. The van der Waals surface area contributed by atoms with Crippen LogP contribution in [0.3, 0.4) is 0 Å². The first-order chi connectivity index (χ1) is 7.27. The number of azide groups is 1. The summed E-state index contributed by atoms with van der Waals surface area (Å²) >= 11 is 0. The lowest BCUT2D eigenvalue weighted by molar-refractivity contribution is 0.111. The summed E-state index contributed by atoms with van der Waals surface area (Å²) in [5, 5.41) is 3.19. The monoisotopic (exact) mass is 204 g/mol. The number of hydrogen-bond acceptors (Lipinski definition) is 3. The molecular weight excluding hydrogens is 199 g/mol. The SMILES string of the molecule is [N-]=[N+]=NCC#Cc1cnc(F)c(C=O)c1. The predicted octanol–water partition coefficient (Wildman–Crippen LogP) is 1.70. The van der Waals surface area contributed by atoms with Crippen LogP contribution in [-0.2, 0) is 0 Å². The summed E-state index contributed by atoms with van der Waals surface area (Å²) in [6.45, 7) is 0.0182. The number of halogens is 1. The van der Waals surface area contributed by atoms with Crippen LogP contribution in [0.4, 0.5) is 4.39 Å². The van der Waals surface area contributed by atoms with E-state index in [4.69, 9.17) is 5.53 Å². The van der Waals surface area contributed by atoms with Crippen LogP contribution in [0.1, 0.15) is 15.9 Å². The Hall–Kier alpha value is -2.38. The van der Waals surface area contributed by atoms with Gasteiger partial charge < -0.3 is 0 Å². The van der Waals surface area contributed by atoms with E-state index < -0.39 is 5.95 Å². The largest absolute Gasteiger partial charge is 0.298 e. The van der Waals surface area contributed by atoms with Crippen molar-refractivity contribution in [2.24, 2.45) is 5.11 Å². The molecule has 0 N–H and O–H groups in total. The maximum atomic E-state index is 12.8. The lowest BCUT2D eigenvalue weighted by atomic mass is 10.2. The molecule has 6 heteroatoms. The second-order valence-electron chi connectivity index (χ2n) is 2.41. The third-order valence-electron chi connectivity index (χ3n) is 1.44. The van der Waals surface area contributed by atoms with Crippen LogP contribution in [0.25, 0.3) is 10.4 Å². The molecule has 1 heterocycles. The molecule has 1 rings (SSSR count). The van der Waals surface area contributed by atoms with Crippen LogP contribution in [-0.4, -0.2) is 17.8 Å². The van der Waals surface area contributed by atoms with Gasteiger partial charge in [-0.1, -0.05) is 17.0 Å². The number of aromatic nitrogens is 1. The van der Waals surface area contributed by atoms with Gasteiger partial charge in [-0.25, -0.2) is 4.98 Å². The lowest BCUT2D eigenvalue weighted by Gasteiger charge is -1.93. The van der Waals surface area contributed by atoms with Crippen LogP contribution in [0.5, 0.6) is 0 Å². The quantitative estimate of drug-likeness (QED) is 0.183. The van der Waals surface area contributed by atoms with Crippen LogP contribution in [0, 0.1) is 17.8 Å². The van der Waals surface area contributed by atoms with Crippen molar-refractivity contribution in [3.8, 4) is 11.8 Å². The summed E-state index contributed by atoms with van der Waals surface area (Å²) in [5.74, 6) is 4.27. The number of rotatable bonds is 2. The van der Waals surface area contributed by atoms with E-state index in [1.54, 1.807) is 0 Å². The summed E-state index contributed by atoms with van der Waals surface area (Å²) in [7, 11) is 0. The van der Waals surface area contributed by atoms with Gasteiger partial charge in [-0.2, -0.15) is 4.39 Å². The molecular formula is C9H5FN4O. The summed E-state index contributed by atoms with van der Waals surface area (Å²) in [5.41, 5.74) is 8.21. The van der Waals surface area contributed by atoms with E-state index in [-0.39, 0.29) is 12.1 Å². The molecule has 0 aliphatic carbocycles. The number of carbonyl (C=O) groups is 1. The Bertz CT molecular complexity index is 483. The molecule has 0 spiro atoms. The highest BCUT2D eigenvalue weighted by atomic mass is 19.1. The molecule has 0 fully saturated rings. The van der Waals surface area contributed by atoms with Crippen molar-refractivity contribution in [2.45, 2.75) is 0 Å². The normalized spacial score (nSPS) is 8.33. The molecule has 0 unspecified atom stereocenters. The predicted molar refractivity (Wildman–Crippen MR) is 50.5 cm³/mol. The van der Waals surface area contributed by atoms with Gasteiger partial charge in [0.05, 0.1) is 12.1 Å².